The van der Waals surface area contributed by atoms with E-state index in [0.29, 0.717) is 34.4 Å². The summed E-state index contributed by atoms with van der Waals surface area (Å²) in [6.07, 6.45) is 3.46. The number of anilines is 1. The van der Waals surface area contributed by atoms with Gasteiger partial charge in [0.05, 0.1) is 19.4 Å². The summed E-state index contributed by atoms with van der Waals surface area (Å²) in [4.78, 5) is 26.8. The topological polar surface area (TPSA) is 67.9 Å². The predicted octanol–water partition coefficient (Wildman–Crippen LogP) is 4.36. The third kappa shape index (κ3) is 4.80. The molecule has 30 heavy (non-hydrogen) atoms. The van der Waals surface area contributed by atoms with Crippen LogP contribution in [0.4, 0.5) is 5.69 Å². The van der Waals surface area contributed by atoms with Crippen molar-refractivity contribution < 1.29 is 19.1 Å². The van der Waals surface area contributed by atoms with Crippen molar-refractivity contribution in [3.63, 3.8) is 0 Å². The molecule has 0 saturated carbocycles. The summed E-state index contributed by atoms with van der Waals surface area (Å²) in [5.74, 6) is 0.0523. The first-order chi connectivity index (χ1) is 14.4. The van der Waals surface area contributed by atoms with Gasteiger partial charge >= 0.3 is 0 Å². The molecule has 1 saturated heterocycles. The van der Waals surface area contributed by atoms with Crippen molar-refractivity contribution in [2.24, 2.45) is 0 Å². The first-order valence-corrected chi connectivity index (χ1v) is 10.2. The first-order valence-electron chi connectivity index (χ1n) is 9.42. The van der Waals surface area contributed by atoms with Gasteiger partial charge in [-0.1, -0.05) is 31.0 Å². The molecule has 1 N–H and O–H groups in total. The highest BCUT2D eigenvalue weighted by Crippen LogP contribution is 2.30. The first kappa shape index (κ1) is 21.8. The van der Waals surface area contributed by atoms with Gasteiger partial charge in [0, 0.05) is 5.02 Å². The second kappa shape index (κ2) is 9.73. The SMILES string of the molecule is CCCCOc1ccc(C=C2C(=O)NC(=S)N(c3ccc(Cl)cc3)C2=O)cc1OC. The number of methoxy groups -OCH3 is 1. The number of amides is 2. The van der Waals surface area contributed by atoms with Crippen LogP contribution >= 0.6 is 23.8 Å². The van der Waals surface area contributed by atoms with Crippen molar-refractivity contribution in [1.82, 2.24) is 5.32 Å². The zero-order valence-corrected chi connectivity index (χ0v) is 18.2. The Labute approximate surface area is 185 Å². The van der Waals surface area contributed by atoms with E-state index < -0.39 is 11.8 Å². The van der Waals surface area contributed by atoms with Gasteiger partial charge in [-0.2, -0.15) is 0 Å². The molecule has 1 heterocycles. The maximum absolute atomic E-state index is 13.1. The number of ether oxygens (including phenoxy) is 2. The molecule has 2 aromatic rings. The maximum atomic E-state index is 13.1. The van der Waals surface area contributed by atoms with Crippen LogP contribution in [0.5, 0.6) is 11.5 Å². The maximum Gasteiger partial charge on any atom is 0.270 e. The Morgan fingerprint density at radius 3 is 2.53 bits per heavy atom. The van der Waals surface area contributed by atoms with Crippen molar-refractivity contribution in [2.75, 3.05) is 18.6 Å². The highest BCUT2D eigenvalue weighted by Gasteiger charge is 2.34. The summed E-state index contributed by atoms with van der Waals surface area (Å²) < 4.78 is 11.1. The van der Waals surface area contributed by atoms with E-state index in [9.17, 15) is 9.59 Å². The van der Waals surface area contributed by atoms with Gasteiger partial charge in [0.1, 0.15) is 5.57 Å². The predicted molar refractivity (Wildman–Crippen MR) is 121 cm³/mol. The number of hydrogen-bond donors (Lipinski definition) is 1. The Kier molecular flexibility index (Phi) is 7.07. The average Bonchev–Trinajstić information content (AvgIpc) is 2.73. The van der Waals surface area contributed by atoms with Crippen LogP contribution in [0.2, 0.25) is 5.02 Å². The van der Waals surface area contributed by atoms with Crippen LogP contribution in [0.15, 0.2) is 48.0 Å². The second-order valence-corrected chi connectivity index (χ2v) is 7.37. The number of thiocarbonyl (C=S) groups is 1. The summed E-state index contributed by atoms with van der Waals surface area (Å²) in [7, 11) is 1.54. The number of carbonyl (C=O) groups is 2. The molecule has 0 unspecified atom stereocenters. The van der Waals surface area contributed by atoms with Gasteiger partial charge in [0.2, 0.25) is 0 Å². The molecule has 6 nitrogen and oxygen atoms in total. The molecule has 0 bridgehead atoms. The van der Waals surface area contributed by atoms with E-state index in [1.807, 2.05) is 0 Å². The summed E-state index contributed by atoms with van der Waals surface area (Å²) in [5.41, 5.74) is 1.09. The molecule has 0 spiro atoms. The molecule has 0 aromatic heterocycles. The fraction of sp³-hybridized carbons (Fsp3) is 0.227. The Bertz CT molecular complexity index is 1000. The Hall–Kier alpha value is -2.90. The van der Waals surface area contributed by atoms with Crippen LogP contribution in [-0.2, 0) is 9.59 Å². The van der Waals surface area contributed by atoms with Gasteiger partial charge in [-0.05, 0) is 66.7 Å². The molecule has 156 valence electrons. The zero-order chi connectivity index (χ0) is 21.7. The lowest BCUT2D eigenvalue weighted by molar-refractivity contribution is -0.122. The van der Waals surface area contributed by atoms with E-state index in [2.05, 4.69) is 12.2 Å². The number of unbranched alkanes of at least 4 members (excludes halogenated alkanes) is 1. The minimum atomic E-state index is -0.558. The van der Waals surface area contributed by atoms with Crippen LogP contribution in [-0.4, -0.2) is 30.6 Å². The molecule has 0 radical (unpaired) electrons. The fourth-order valence-electron chi connectivity index (χ4n) is 2.87. The Balaban J connectivity index is 1.91. The van der Waals surface area contributed by atoms with E-state index in [4.69, 9.17) is 33.3 Å². The highest BCUT2D eigenvalue weighted by atomic mass is 35.5. The molecule has 3 rings (SSSR count). The minimum Gasteiger partial charge on any atom is -0.493 e. The average molecular weight is 445 g/mol. The highest BCUT2D eigenvalue weighted by molar-refractivity contribution is 7.80. The van der Waals surface area contributed by atoms with Gasteiger partial charge in [0.15, 0.2) is 16.6 Å². The number of carbonyl (C=O) groups excluding carboxylic acids is 2. The molecule has 0 aliphatic carbocycles. The Morgan fingerprint density at radius 1 is 1.13 bits per heavy atom. The lowest BCUT2D eigenvalue weighted by atomic mass is 10.1. The second-order valence-electron chi connectivity index (χ2n) is 6.55. The molecule has 2 amide bonds. The van der Waals surface area contributed by atoms with Crippen LogP contribution < -0.4 is 19.7 Å². The number of halogens is 1. The van der Waals surface area contributed by atoms with E-state index >= 15 is 0 Å². The van der Waals surface area contributed by atoms with Crippen LogP contribution in [0.25, 0.3) is 6.08 Å². The smallest absolute Gasteiger partial charge is 0.270 e. The molecule has 1 fully saturated rings. The summed E-state index contributed by atoms with van der Waals surface area (Å²) in [6.45, 7) is 2.67. The van der Waals surface area contributed by atoms with E-state index in [0.717, 1.165) is 12.8 Å². The molecular weight excluding hydrogens is 424 g/mol. The number of nitrogens with zero attached hydrogens (tertiary/aromatic N) is 1. The van der Waals surface area contributed by atoms with Gasteiger partial charge in [-0.3, -0.25) is 19.8 Å². The third-order valence-corrected chi connectivity index (χ3v) is 4.98. The lowest BCUT2D eigenvalue weighted by Gasteiger charge is -2.29. The van der Waals surface area contributed by atoms with Crippen LogP contribution in [0.3, 0.4) is 0 Å². The van der Waals surface area contributed by atoms with Crippen molar-refractivity contribution in [1.29, 1.82) is 0 Å². The van der Waals surface area contributed by atoms with Crippen molar-refractivity contribution >= 4 is 52.5 Å². The zero-order valence-electron chi connectivity index (χ0n) is 16.6. The standard InChI is InChI=1S/C22H21ClN2O4S/c1-3-4-11-29-18-10-5-14(13-19(18)28-2)12-17-20(26)24-22(30)25(21(17)27)16-8-6-15(23)7-9-16/h5-10,12-13H,3-4,11H2,1-2H3,(H,24,26,30). The van der Waals surface area contributed by atoms with Crippen molar-refractivity contribution in [3.8, 4) is 11.5 Å². The molecule has 1 aliphatic rings. The van der Waals surface area contributed by atoms with Gasteiger partial charge in [-0.25, -0.2) is 0 Å². The van der Waals surface area contributed by atoms with E-state index in [-0.39, 0.29) is 10.7 Å². The molecule has 8 heteroatoms. The molecule has 1 aliphatic heterocycles. The quantitative estimate of drug-likeness (QED) is 0.297. The van der Waals surface area contributed by atoms with E-state index in [1.54, 1.807) is 42.5 Å². The van der Waals surface area contributed by atoms with E-state index in [1.165, 1.54) is 18.1 Å². The summed E-state index contributed by atoms with van der Waals surface area (Å²) >= 11 is 11.1. The van der Waals surface area contributed by atoms with Crippen molar-refractivity contribution in [2.45, 2.75) is 19.8 Å². The number of nitrogens with one attached hydrogen (secondary N) is 1. The third-order valence-electron chi connectivity index (χ3n) is 4.44. The van der Waals surface area contributed by atoms with Crippen LogP contribution in [0, 0.1) is 0 Å². The minimum absolute atomic E-state index is 0.0155. The number of rotatable bonds is 7. The Morgan fingerprint density at radius 2 is 1.87 bits per heavy atom. The molecular formula is C22H21ClN2O4S. The van der Waals surface area contributed by atoms with Gasteiger partial charge in [-0.15, -0.1) is 0 Å². The molecule has 2 aromatic carbocycles. The monoisotopic (exact) mass is 444 g/mol. The molecule has 0 atom stereocenters. The normalized spacial score (nSPS) is 15.4. The fourth-order valence-corrected chi connectivity index (χ4v) is 3.28. The number of benzene rings is 2. The largest absolute Gasteiger partial charge is 0.493 e. The summed E-state index contributed by atoms with van der Waals surface area (Å²) in [5, 5.41) is 3.10. The lowest BCUT2D eigenvalue weighted by Crippen LogP contribution is -2.54. The van der Waals surface area contributed by atoms with Gasteiger partial charge in [0.25, 0.3) is 11.8 Å². The van der Waals surface area contributed by atoms with Crippen LogP contribution in [0.1, 0.15) is 25.3 Å². The summed E-state index contributed by atoms with van der Waals surface area (Å²) in [6, 6.07) is 11.8. The number of hydrogen-bond acceptors (Lipinski definition) is 5. The van der Waals surface area contributed by atoms with Crippen molar-refractivity contribution in [3.05, 3.63) is 58.6 Å². The van der Waals surface area contributed by atoms with Gasteiger partial charge < -0.3 is 9.47 Å².